The molecular formula is C15H17Cl2NO. The molecule has 0 aliphatic heterocycles. The van der Waals surface area contributed by atoms with E-state index in [0.717, 1.165) is 24.1 Å². The maximum Gasteiger partial charge on any atom is 0.156 e. The molecule has 1 atom stereocenters. The molecule has 1 aromatic rings. The Morgan fingerprint density at radius 2 is 1.84 bits per heavy atom. The van der Waals surface area contributed by atoms with Gasteiger partial charge in [-0.2, -0.15) is 0 Å². The van der Waals surface area contributed by atoms with Crippen LogP contribution in [-0.4, -0.2) is 31.3 Å². The molecule has 1 aliphatic carbocycles. The fourth-order valence-corrected chi connectivity index (χ4v) is 3.03. The van der Waals surface area contributed by atoms with Crippen LogP contribution in [0.3, 0.4) is 0 Å². The lowest BCUT2D eigenvalue weighted by molar-refractivity contribution is -0.115. The van der Waals surface area contributed by atoms with E-state index in [9.17, 15) is 4.79 Å². The van der Waals surface area contributed by atoms with E-state index in [0.29, 0.717) is 22.4 Å². The van der Waals surface area contributed by atoms with Crippen LogP contribution in [0.4, 0.5) is 0 Å². The van der Waals surface area contributed by atoms with Gasteiger partial charge < -0.3 is 4.90 Å². The summed E-state index contributed by atoms with van der Waals surface area (Å²) in [6.45, 7) is 0.920. The molecule has 0 heterocycles. The van der Waals surface area contributed by atoms with Crippen molar-refractivity contribution >= 4 is 34.6 Å². The third kappa shape index (κ3) is 3.82. The van der Waals surface area contributed by atoms with E-state index < -0.39 is 0 Å². The number of ketones is 1. The summed E-state index contributed by atoms with van der Waals surface area (Å²) in [6.07, 6.45) is 3.25. The Bertz CT molecular complexity index is 503. The fraction of sp³-hybridized carbons (Fsp3) is 0.400. The van der Waals surface area contributed by atoms with Crippen molar-refractivity contribution in [2.45, 2.75) is 12.8 Å². The highest BCUT2D eigenvalue weighted by atomic mass is 35.5. The molecular weight excluding hydrogens is 281 g/mol. The van der Waals surface area contributed by atoms with E-state index >= 15 is 0 Å². The van der Waals surface area contributed by atoms with Gasteiger partial charge in [-0.15, -0.1) is 0 Å². The first-order valence-electron chi connectivity index (χ1n) is 6.31. The van der Waals surface area contributed by atoms with Crippen LogP contribution in [0, 0.1) is 5.92 Å². The number of rotatable bonds is 3. The van der Waals surface area contributed by atoms with Gasteiger partial charge in [0.2, 0.25) is 0 Å². The summed E-state index contributed by atoms with van der Waals surface area (Å²) in [6, 6.07) is 5.46. The molecule has 1 aromatic carbocycles. The van der Waals surface area contributed by atoms with E-state index in [-0.39, 0.29) is 5.78 Å². The first-order chi connectivity index (χ1) is 8.95. The lowest BCUT2D eigenvalue weighted by Gasteiger charge is -2.27. The minimum absolute atomic E-state index is 0.182. The zero-order valence-corrected chi connectivity index (χ0v) is 12.6. The summed E-state index contributed by atoms with van der Waals surface area (Å²) in [7, 11) is 4.08. The Morgan fingerprint density at radius 3 is 2.42 bits per heavy atom. The molecule has 0 bridgehead atoms. The van der Waals surface area contributed by atoms with Crippen molar-refractivity contribution in [1.82, 2.24) is 4.90 Å². The van der Waals surface area contributed by atoms with Gasteiger partial charge in [0.1, 0.15) is 0 Å². The Morgan fingerprint density at radius 1 is 1.21 bits per heavy atom. The number of carbonyl (C=O) groups excluding carboxylic acids is 1. The number of carbonyl (C=O) groups is 1. The Kier molecular flexibility index (Phi) is 4.67. The molecule has 1 unspecified atom stereocenters. The summed E-state index contributed by atoms with van der Waals surface area (Å²) in [4.78, 5) is 13.8. The first kappa shape index (κ1) is 14.6. The average Bonchev–Trinajstić information content (AvgIpc) is 2.29. The van der Waals surface area contributed by atoms with Crippen LogP contribution in [0.25, 0.3) is 5.57 Å². The zero-order valence-electron chi connectivity index (χ0n) is 11.1. The molecule has 2 rings (SSSR count). The summed E-state index contributed by atoms with van der Waals surface area (Å²) >= 11 is 12.1. The molecule has 0 spiro atoms. The second kappa shape index (κ2) is 6.08. The van der Waals surface area contributed by atoms with Crippen molar-refractivity contribution in [3.8, 4) is 0 Å². The molecule has 0 aromatic heterocycles. The normalized spacial score (nSPS) is 19.7. The summed E-state index contributed by atoms with van der Waals surface area (Å²) in [5.41, 5.74) is 2.01. The quantitative estimate of drug-likeness (QED) is 0.843. The van der Waals surface area contributed by atoms with Crippen LogP contribution in [0.2, 0.25) is 10.0 Å². The number of benzene rings is 1. The summed E-state index contributed by atoms with van der Waals surface area (Å²) < 4.78 is 0. The lowest BCUT2D eigenvalue weighted by atomic mass is 9.83. The molecule has 0 N–H and O–H groups in total. The van der Waals surface area contributed by atoms with Gasteiger partial charge in [0.25, 0.3) is 0 Å². The van der Waals surface area contributed by atoms with Gasteiger partial charge in [0.05, 0.1) is 0 Å². The Labute approximate surface area is 124 Å². The predicted molar refractivity (Wildman–Crippen MR) is 80.7 cm³/mol. The topological polar surface area (TPSA) is 20.3 Å². The van der Waals surface area contributed by atoms with Gasteiger partial charge in [0, 0.05) is 23.0 Å². The maximum atomic E-state index is 11.7. The number of hydrogen-bond acceptors (Lipinski definition) is 2. The average molecular weight is 298 g/mol. The molecule has 1 aliphatic rings. The van der Waals surface area contributed by atoms with Gasteiger partial charge in [-0.05, 0) is 61.8 Å². The third-order valence-electron chi connectivity index (χ3n) is 3.28. The smallest absolute Gasteiger partial charge is 0.156 e. The van der Waals surface area contributed by atoms with Crippen molar-refractivity contribution in [2.75, 3.05) is 20.6 Å². The van der Waals surface area contributed by atoms with Crippen LogP contribution in [0.5, 0.6) is 0 Å². The lowest BCUT2D eigenvalue weighted by Crippen LogP contribution is -2.25. The molecule has 102 valence electrons. The number of hydrogen-bond donors (Lipinski definition) is 0. The minimum atomic E-state index is 0.182. The van der Waals surface area contributed by atoms with E-state index in [1.54, 1.807) is 12.1 Å². The Balaban J connectivity index is 2.39. The molecule has 0 radical (unpaired) electrons. The van der Waals surface area contributed by atoms with Crippen molar-refractivity contribution < 1.29 is 4.79 Å². The largest absolute Gasteiger partial charge is 0.309 e. The van der Waals surface area contributed by atoms with E-state index in [4.69, 9.17) is 23.2 Å². The number of allylic oxidation sites excluding steroid dienone is 1. The predicted octanol–water partition coefficient (Wildman–Crippen LogP) is 3.92. The second-order valence-electron chi connectivity index (χ2n) is 5.22. The highest BCUT2D eigenvalue weighted by Gasteiger charge is 2.23. The number of halogens is 2. The van der Waals surface area contributed by atoms with Gasteiger partial charge in [-0.3, -0.25) is 4.79 Å². The van der Waals surface area contributed by atoms with Crippen molar-refractivity contribution in [3.63, 3.8) is 0 Å². The van der Waals surface area contributed by atoms with Crippen LogP contribution in [0.15, 0.2) is 24.3 Å². The number of nitrogens with zero attached hydrogens (tertiary/aromatic N) is 1. The molecule has 0 saturated heterocycles. The standard InChI is InChI=1S/C15H17Cl2NO/c1-18(2)9-10-3-4-14(19)8-15(10)11-5-12(16)7-13(17)6-11/h5-8,10H,3-4,9H2,1-2H3. The zero-order chi connectivity index (χ0) is 14.0. The van der Waals surface area contributed by atoms with Crippen molar-refractivity contribution in [2.24, 2.45) is 5.92 Å². The van der Waals surface area contributed by atoms with E-state index in [1.807, 2.05) is 26.2 Å². The SMILES string of the molecule is CN(C)CC1CCC(=O)C=C1c1cc(Cl)cc(Cl)c1. The van der Waals surface area contributed by atoms with Gasteiger partial charge >= 0.3 is 0 Å². The minimum Gasteiger partial charge on any atom is -0.309 e. The molecule has 0 amide bonds. The highest BCUT2D eigenvalue weighted by molar-refractivity contribution is 6.34. The van der Waals surface area contributed by atoms with Gasteiger partial charge in [-0.1, -0.05) is 23.2 Å². The van der Waals surface area contributed by atoms with Gasteiger partial charge in [0.15, 0.2) is 5.78 Å². The third-order valence-corrected chi connectivity index (χ3v) is 3.71. The van der Waals surface area contributed by atoms with Crippen LogP contribution >= 0.6 is 23.2 Å². The summed E-state index contributed by atoms with van der Waals surface area (Å²) in [5.74, 6) is 0.531. The van der Waals surface area contributed by atoms with Crippen molar-refractivity contribution in [3.05, 3.63) is 39.9 Å². The molecule has 19 heavy (non-hydrogen) atoms. The molecule has 4 heteroatoms. The second-order valence-corrected chi connectivity index (χ2v) is 6.09. The molecule has 2 nitrogen and oxygen atoms in total. The molecule has 0 fully saturated rings. The Hall–Kier alpha value is -0.830. The maximum absolute atomic E-state index is 11.7. The fourth-order valence-electron chi connectivity index (χ4n) is 2.51. The monoisotopic (exact) mass is 297 g/mol. The first-order valence-corrected chi connectivity index (χ1v) is 7.07. The van der Waals surface area contributed by atoms with Gasteiger partial charge in [-0.25, -0.2) is 0 Å². The molecule has 0 saturated carbocycles. The van der Waals surface area contributed by atoms with Crippen LogP contribution < -0.4 is 0 Å². The van der Waals surface area contributed by atoms with Crippen LogP contribution in [-0.2, 0) is 4.79 Å². The van der Waals surface area contributed by atoms with E-state index in [2.05, 4.69) is 4.90 Å². The summed E-state index contributed by atoms with van der Waals surface area (Å²) in [5, 5.41) is 1.20. The van der Waals surface area contributed by atoms with E-state index in [1.165, 1.54) is 0 Å². The van der Waals surface area contributed by atoms with Crippen molar-refractivity contribution in [1.29, 1.82) is 0 Å². The highest BCUT2D eigenvalue weighted by Crippen LogP contribution is 2.34. The van der Waals surface area contributed by atoms with Crippen LogP contribution in [0.1, 0.15) is 18.4 Å².